The zero-order valence-corrected chi connectivity index (χ0v) is 19.0. The van der Waals surface area contributed by atoms with Gasteiger partial charge in [0.2, 0.25) is 5.88 Å². The van der Waals surface area contributed by atoms with Crippen molar-refractivity contribution in [1.29, 1.82) is 0 Å². The summed E-state index contributed by atoms with van der Waals surface area (Å²) in [4.78, 5) is 28.5. The van der Waals surface area contributed by atoms with E-state index < -0.39 is 17.5 Å². The lowest BCUT2D eigenvalue weighted by molar-refractivity contribution is -0.147. The highest BCUT2D eigenvalue weighted by Crippen LogP contribution is 2.29. The smallest absolute Gasteiger partial charge is 0.320 e. The van der Waals surface area contributed by atoms with E-state index in [9.17, 15) is 18.4 Å². The maximum Gasteiger partial charge on any atom is 0.320 e. The molecule has 1 fully saturated rings. The average molecular weight is 487 g/mol. The number of aromatic nitrogens is 3. The molecule has 1 aliphatic rings. The van der Waals surface area contributed by atoms with Crippen molar-refractivity contribution in [3.05, 3.63) is 53.6 Å². The number of ether oxygens (including phenoxy) is 2. The van der Waals surface area contributed by atoms with Crippen molar-refractivity contribution in [2.75, 3.05) is 17.7 Å². The molecule has 4 rings (SSSR count). The Morgan fingerprint density at radius 1 is 1.06 bits per heavy atom. The molecule has 0 radical (unpaired) electrons. The highest BCUT2D eigenvalue weighted by Gasteiger charge is 2.28. The quantitative estimate of drug-likeness (QED) is 0.472. The van der Waals surface area contributed by atoms with Gasteiger partial charge in [0, 0.05) is 17.8 Å². The highest BCUT2D eigenvalue weighted by atomic mass is 19.2. The van der Waals surface area contributed by atoms with E-state index in [1.54, 1.807) is 19.1 Å². The van der Waals surface area contributed by atoms with Gasteiger partial charge in [-0.25, -0.2) is 13.8 Å². The van der Waals surface area contributed by atoms with Gasteiger partial charge in [0.25, 0.3) is 0 Å². The van der Waals surface area contributed by atoms with Crippen LogP contribution in [0.5, 0.6) is 5.88 Å². The first-order chi connectivity index (χ1) is 16.8. The Morgan fingerprint density at radius 3 is 2.51 bits per heavy atom. The minimum atomic E-state index is -1.04. The predicted octanol–water partition coefficient (Wildman–Crippen LogP) is 4.16. The molecule has 1 aromatic carbocycles. The molecule has 3 aromatic rings. The van der Waals surface area contributed by atoms with Gasteiger partial charge in [0.15, 0.2) is 11.6 Å². The summed E-state index contributed by atoms with van der Waals surface area (Å²) in [6.45, 7) is 1.71. The second-order valence-electron chi connectivity index (χ2n) is 8.02. The maximum absolute atomic E-state index is 13.3. The Labute approximate surface area is 199 Å². The minimum absolute atomic E-state index is 0.0536. The van der Waals surface area contributed by atoms with Gasteiger partial charge < -0.3 is 24.5 Å². The topological polar surface area (TPSA) is 128 Å². The van der Waals surface area contributed by atoms with E-state index in [0.717, 1.165) is 25.0 Å². The SMILES string of the molecule is COC(=O)C1CCC(Oc2ccc(NC(=O)c3nnc(Nc4ccc(F)c(F)c4)o3)c(C)n2)CC1. The van der Waals surface area contributed by atoms with Gasteiger partial charge in [-0.3, -0.25) is 9.59 Å². The fourth-order valence-corrected chi connectivity index (χ4v) is 3.73. The molecule has 0 atom stereocenters. The number of nitrogens with one attached hydrogen (secondary N) is 2. The van der Waals surface area contributed by atoms with Crippen LogP contribution in [0.4, 0.5) is 26.2 Å². The second kappa shape index (κ2) is 10.5. The van der Waals surface area contributed by atoms with Crippen LogP contribution in [-0.4, -0.2) is 40.3 Å². The number of esters is 1. The van der Waals surface area contributed by atoms with Crippen LogP contribution in [0.15, 0.2) is 34.7 Å². The van der Waals surface area contributed by atoms with E-state index in [4.69, 9.17) is 13.9 Å². The number of pyridine rings is 1. The van der Waals surface area contributed by atoms with Crippen LogP contribution in [0.25, 0.3) is 0 Å². The molecule has 0 unspecified atom stereocenters. The summed E-state index contributed by atoms with van der Waals surface area (Å²) in [5.74, 6) is -2.91. The summed E-state index contributed by atoms with van der Waals surface area (Å²) in [5.41, 5.74) is 1.11. The molecule has 0 aliphatic heterocycles. The number of methoxy groups -OCH3 is 1. The molecule has 1 amide bonds. The molecule has 2 heterocycles. The zero-order chi connectivity index (χ0) is 24.9. The highest BCUT2D eigenvalue weighted by molar-refractivity contribution is 6.01. The van der Waals surface area contributed by atoms with E-state index in [2.05, 4.69) is 25.8 Å². The second-order valence-corrected chi connectivity index (χ2v) is 8.02. The number of carbonyl (C=O) groups is 2. The van der Waals surface area contributed by atoms with E-state index in [1.165, 1.54) is 13.2 Å². The molecular formula is C23H23F2N5O5. The molecule has 1 saturated carbocycles. The third-order valence-corrected chi connectivity index (χ3v) is 5.59. The van der Waals surface area contributed by atoms with E-state index >= 15 is 0 Å². The first-order valence-electron chi connectivity index (χ1n) is 10.9. The summed E-state index contributed by atoms with van der Waals surface area (Å²) in [5, 5.41) is 12.6. The number of rotatable bonds is 7. The van der Waals surface area contributed by atoms with Crippen molar-refractivity contribution in [3.63, 3.8) is 0 Å². The third kappa shape index (κ3) is 5.89. The summed E-state index contributed by atoms with van der Waals surface area (Å²) in [6, 6.07) is 6.26. The molecule has 2 N–H and O–H groups in total. The Hall–Kier alpha value is -4.09. The number of carbonyl (C=O) groups excluding carboxylic acids is 2. The monoisotopic (exact) mass is 487 g/mol. The standard InChI is InChI=1S/C23H23F2N5O5/c1-12-18(9-10-19(26-12)34-15-6-3-13(4-7-15)22(32)33-2)28-20(31)21-29-30-23(35-21)27-14-5-8-16(24)17(25)11-14/h5,8-11,13,15H,3-4,6-7H2,1-2H3,(H,27,30)(H,28,31). The number of nitrogens with zero attached hydrogens (tertiary/aromatic N) is 3. The fourth-order valence-electron chi connectivity index (χ4n) is 3.73. The lowest BCUT2D eigenvalue weighted by Crippen LogP contribution is -2.28. The molecule has 2 aromatic heterocycles. The number of hydrogen-bond acceptors (Lipinski definition) is 9. The van der Waals surface area contributed by atoms with Crippen LogP contribution < -0.4 is 15.4 Å². The van der Waals surface area contributed by atoms with Gasteiger partial charge in [-0.05, 0) is 50.8 Å². The predicted molar refractivity (Wildman–Crippen MR) is 119 cm³/mol. The van der Waals surface area contributed by atoms with Crippen molar-refractivity contribution in [2.45, 2.75) is 38.7 Å². The summed E-state index contributed by atoms with van der Waals surface area (Å²) in [6.07, 6.45) is 2.78. The molecule has 35 heavy (non-hydrogen) atoms. The Morgan fingerprint density at radius 2 is 1.83 bits per heavy atom. The van der Waals surface area contributed by atoms with Crippen LogP contribution in [0, 0.1) is 24.5 Å². The summed E-state index contributed by atoms with van der Waals surface area (Å²) >= 11 is 0. The van der Waals surface area contributed by atoms with Gasteiger partial charge in [-0.15, -0.1) is 5.10 Å². The number of amides is 1. The fraction of sp³-hybridized carbons (Fsp3) is 0.348. The Balaban J connectivity index is 1.33. The van der Waals surface area contributed by atoms with Crippen LogP contribution in [0.3, 0.4) is 0 Å². The average Bonchev–Trinajstić information content (AvgIpc) is 3.32. The number of anilines is 3. The first-order valence-corrected chi connectivity index (χ1v) is 10.9. The molecule has 12 heteroatoms. The normalized spacial score (nSPS) is 17.5. The summed E-state index contributed by atoms with van der Waals surface area (Å²) in [7, 11) is 1.39. The van der Waals surface area contributed by atoms with Crippen molar-refractivity contribution >= 4 is 29.3 Å². The van der Waals surface area contributed by atoms with Crippen LogP contribution in [-0.2, 0) is 9.53 Å². The van der Waals surface area contributed by atoms with Crippen LogP contribution in [0.1, 0.15) is 42.1 Å². The number of halogens is 2. The van der Waals surface area contributed by atoms with E-state index in [0.29, 0.717) is 30.1 Å². The van der Waals surface area contributed by atoms with Gasteiger partial charge in [0.05, 0.1) is 24.4 Å². The first kappa shape index (κ1) is 24.0. The van der Waals surface area contributed by atoms with Crippen molar-refractivity contribution in [2.24, 2.45) is 5.92 Å². The lowest BCUT2D eigenvalue weighted by atomic mass is 9.87. The molecule has 184 valence electrons. The maximum atomic E-state index is 13.3. The molecule has 0 spiro atoms. The van der Waals surface area contributed by atoms with Gasteiger partial charge in [-0.2, -0.15) is 0 Å². The third-order valence-electron chi connectivity index (χ3n) is 5.59. The van der Waals surface area contributed by atoms with Crippen molar-refractivity contribution < 1.29 is 32.3 Å². The Bertz CT molecular complexity index is 1230. The number of hydrogen-bond donors (Lipinski definition) is 2. The largest absolute Gasteiger partial charge is 0.474 e. The van der Waals surface area contributed by atoms with Crippen LogP contribution in [0.2, 0.25) is 0 Å². The zero-order valence-electron chi connectivity index (χ0n) is 19.0. The Kier molecular flexibility index (Phi) is 7.18. The van der Waals surface area contributed by atoms with Crippen LogP contribution >= 0.6 is 0 Å². The van der Waals surface area contributed by atoms with E-state index in [1.807, 2.05) is 0 Å². The van der Waals surface area contributed by atoms with Gasteiger partial charge in [0.1, 0.15) is 6.10 Å². The van der Waals surface area contributed by atoms with Gasteiger partial charge in [-0.1, -0.05) is 5.10 Å². The van der Waals surface area contributed by atoms with Gasteiger partial charge >= 0.3 is 23.8 Å². The van der Waals surface area contributed by atoms with Crippen molar-refractivity contribution in [3.8, 4) is 5.88 Å². The molecule has 10 nitrogen and oxygen atoms in total. The molecular weight excluding hydrogens is 464 g/mol. The molecule has 0 saturated heterocycles. The van der Waals surface area contributed by atoms with E-state index in [-0.39, 0.29) is 35.6 Å². The number of aryl methyl sites for hydroxylation is 1. The molecule has 0 bridgehead atoms. The molecule has 1 aliphatic carbocycles. The lowest BCUT2D eigenvalue weighted by Gasteiger charge is -2.27. The van der Waals surface area contributed by atoms with Crippen molar-refractivity contribution in [1.82, 2.24) is 15.2 Å². The summed E-state index contributed by atoms with van der Waals surface area (Å²) < 4.78 is 42.4. The number of benzene rings is 1. The minimum Gasteiger partial charge on any atom is -0.474 e.